The quantitative estimate of drug-likeness (QED) is 0.602. The van der Waals surface area contributed by atoms with Crippen LogP contribution in [0.3, 0.4) is 0 Å². The van der Waals surface area contributed by atoms with Crippen molar-refractivity contribution in [2.75, 3.05) is 14.2 Å². The smallest absolute Gasteiger partial charge is 0.337 e. The summed E-state index contributed by atoms with van der Waals surface area (Å²) in [6, 6.07) is 22.2. The van der Waals surface area contributed by atoms with Gasteiger partial charge in [0.25, 0.3) is 0 Å². The van der Waals surface area contributed by atoms with Gasteiger partial charge in [0.1, 0.15) is 17.7 Å². The van der Waals surface area contributed by atoms with Gasteiger partial charge in [-0.15, -0.1) is 0 Å². The molecular weight excluding hydrogens is 392 g/mol. The molecule has 0 radical (unpaired) electrons. The molecule has 2 atom stereocenters. The third-order valence-electron chi connectivity index (χ3n) is 5.42. The van der Waals surface area contributed by atoms with Crippen LogP contribution in [0.15, 0.2) is 77.8 Å². The molecule has 1 aliphatic heterocycles. The number of aliphatic imine (C=N–C) groups is 1. The van der Waals surface area contributed by atoms with Crippen molar-refractivity contribution < 1.29 is 19.4 Å². The molecule has 4 rings (SSSR count). The van der Waals surface area contributed by atoms with E-state index in [2.05, 4.69) is 5.32 Å². The first-order valence-corrected chi connectivity index (χ1v) is 10.0. The van der Waals surface area contributed by atoms with Crippen LogP contribution in [0.5, 0.6) is 11.5 Å². The van der Waals surface area contributed by atoms with Crippen molar-refractivity contribution in [3.8, 4) is 11.5 Å². The number of ether oxygens (including phenoxy) is 2. The average molecular weight is 416 g/mol. The largest absolute Gasteiger partial charge is 0.508 e. The number of nitrogens with one attached hydrogen (secondary N) is 1. The predicted molar refractivity (Wildman–Crippen MR) is 119 cm³/mol. The molecule has 0 bridgehead atoms. The standard InChI is InChI=1S/C25H24N2O4/c1-30-19-13-11-16(12-14-19)21-15-22(20-5-3-4-6-23(20)28)27-24(26-21)17-7-9-18(10-8-17)25(29)31-2/h3-14,22,24,27-28H,15H2,1-2H3/t22-,24-/m0/s1. The zero-order valence-electron chi connectivity index (χ0n) is 17.4. The number of rotatable bonds is 5. The lowest BCUT2D eigenvalue weighted by molar-refractivity contribution is 0.0600. The van der Waals surface area contributed by atoms with E-state index in [1.165, 1.54) is 7.11 Å². The summed E-state index contributed by atoms with van der Waals surface area (Å²) in [5.74, 6) is 0.652. The maximum absolute atomic E-state index is 11.8. The van der Waals surface area contributed by atoms with Crippen LogP contribution in [0.1, 0.15) is 45.7 Å². The lowest BCUT2D eigenvalue weighted by Gasteiger charge is -2.31. The summed E-state index contributed by atoms with van der Waals surface area (Å²) < 4.78 is 10.1. The number of benzene rings is 3. The Labute approximate surface area is 181 Å². The van der Waals surface area contributed by atoms with Gasteiger partial charge in [0.05, 0.1) is 19.8 Å². The highest BCUT2D eigenvalue weighted by atomic mass is 16.5. The van der Waals surface area contributed by atoms with Crippen LogP contribution in [0.25, 0.3) is 0 Å². The van der Waals surface area contributed by atoms with E-state index in [-0.39, 0.29) is 23.9 Å². The Morgan fingerprint density at radius 2 is 1.71 bits per heavy atom. The Hall–Kier alpha value is -3.64. The molecule has 0 aliphatic carbocycles. The van der Waals surface area contributed by atoms with Crippen LogP contribution >= 0.6 is 0 Å². The topological polar surface area (TPSA) is 80.2 Å². The van der Waals surface area contributed by atoms with Gasteiger partial charge in [-0.05, 0) is 53.6 Å². The van der Waals surface area contributed by atoms with Gasteiger partial charge in [-0.25, -0.2) is 4.79 Å². The molecule has 0 amide bonds. The van der Waals surface area contributed by atoms with Gasteiger partial charge in [0, 0.05) is 23.7 Å². The van der Waals surface area contributed by atoms with Crippen molar-refractivity contribution in [3.05, 3.63) is 95.1 Å². The highest BCUT2D eigenvalue weighted by Gasteiger charge is 2.27. The van der Waals surface area contributed by atoms with E-state index in [0.717, 1.165) is 28.2 Å². The summed E-state index contributed by atoms with van der Waals surface area (Å²) in [4.78, 5) is 16.7. The molecule has 0 spiro atoms. The molecule has 1 heterocycles. The van der Waals surface area contributed by atoms with Crippen LogP contribution in [0, 0.1) is 0 Å². The highest BCUT2D eigenvalue weighted by Crippen LogP contribution is 2.34. The summed E-state index contributed by atoms with van der Waals surface area (Å²) in [5.41, 5.74) is 4.15. The highest BCUT2D eigenvalue weighted by molar-refractivity contribution is 6.01. The maximum atomic E-state index is 11.8. The minimum absolute atomic E-state index is 0.124. The Morgan fingerprint density at radius 3 is 2.35 bits per heavy atom. The maximum Gasteiger partial charge on any atom is 0.337 e. The summed E-state index contributed by atoms with van der Waals surface area (Å²) in [5, 5.41) is 13.9. The number of phenolic OH excluding ortho intramolecular Hbond substituents is 1. The lowest BCUT2D eigenvalue weighted by atomic mass is 9.93. The number of carbonyl (C=O) groups is 1. The normalized spacial score (nSPS) is 18.2. The van der Waals surface area contributed by atoms with Gasteiger partial charge < -0.3 is 14.6 Å². The predicted octanol–water partition coefficient (Wildman–Crippen LogP) is 4.41. The first kappa shape index (κ1) is 20.6. The fraction of sp³-hybridized carbons (Fsp3) is 0.200. The van der Waals surface area contributed by atoms with Gasteiger partial charge >= 0.3 is 5.97 Å². The Balaban J connectivity index is 1.71. The van der Waals surface area contributed by atoms with Crippen molar-refractivity contribution in [2.45, 2.75) is 18.6 Å². The molecule has 3 aromatic carbocycles. The van der Waals surface area contributed by atoms with Crippen LogP contribution in [-0.4, -0.2) is 31.0 Å². The zero-order valence-corrected chi connectivity index (χ0v) is 17.4. The Kier molecular flexibility index (Phi) is 6.00. The van der Waals surface area contributed by atoms with Gasteiger partial charge in [-0.1, -0.05) is 30.3 Å². The second-order valence-corrected chi connectivity index (χ2v) is 7.30. The van der Waals surface area contributed by atoms with Gasteiger partial charge in [0.2, 0.25) is 0 Å². The molecule has 31 heavy (non-hydrogen) atoms. The van der Waals surface area contributed by atoms with Gasteiger partial charge in [0.15, 0.2) is 0 Å². The number of esters is 1. The van der Waals surface area contributed by atoms with Gasteiger partial charge in [-0.2, -0.15) is 0 Å². The second-order valence-electron chi connectivity index (χ2n) is 7.30. The molecule has 6 heteroatoms. The Bertz CT molecular complexity index is 1090. The van der Waals surface area contributed by atoms with E-state index in [9.17, 15) is 9.90 Å². The number of hydrogen-bond acceptors (Lipinski definition) is 6. The molecule has 0 saturated heterocycles. The minimum atomic E-state index is -0.377. The molecule has 0 unspecified atom stereocenters. The zero-order chi connectivity index (χ0) is 21.8. The van der Waals surface area contributed by atoms with E-state index in [1.54, 1.807) is 25.3 Å². The minimum Gasteiger partial charge on any atom is -0.508 e. The number of hydrogen-bond donors (Lipinski definition) is 2. The SMILES string of the molecule is COC(=O)c1ccc([C@H]2N=C(c3ccc(OC)cc3)C[C@@H](c3ccccc3O)N2)cc1. The number of methoxy groups -OCH3 is 2. The molecule has 6 nitrogen and oxygen atoms in total. The third-order valence-corrected chi connectivity index (χ3v) is 5.42. The molecule has 2 N–H and O–H groups in total. The molecule has 1 aliphatic rings. The number of nitrogens with zero attached hydrogens (tertiary/aromatic N) is 1. The lowest BCUT2D eigenvalue weighted by Crippen LogP contribution is -2.33. The number of carbonyl (C=O) groups excluding carboxylic acids is 1. The fourth-order valence-electron chi connectivity index (χ4n) is 3.74. The van der Waals surface area contributed by atoms with E-state index in [1.807, 2.05) is 54.6 Å². The fourth-order valence-corrected chi connectivity index (χ4v) is 3.74. The van der Waals surface area contributed by atoms with E-state index < -0.39 is 0 Å². The van der Waals surface area contributed by atoms with Crippen molar-refractivity contribution in [1.29, 1.82) is 0 Å². The van der Waals surface area contributed by atoms with Crippen molar-refractivity contribution in [1.82, 2.24) is 5.32 Å². The molecule has 0 saturated carbocycles. The van der Waals surface area contributed by atoms with Crippen molar-refractivity contribution in [3.63, 3.8) is 0 Å². The molecule has 0 aromatic heterocycles. The molecule has 3 aromatic rings. The number of para-hydroxylation sites is 1. The monoisotopic (exact) mass is 416 g/mol. The second kappa shape index (κ2) is 9.02. The molecular formula is C25H24N2O4. The molecule has 158 valence electrons. The van der Waals surface area contributed by atoms with Crippen LogP contribution < -0.4 is 10.1 Å². The summed E-state index contributed by atoms with van der Waals surface area (Å²) in [7, 11) is 3.00. The van der Waals surface area contributed by atoms with Crippen LogP contribution in [0.2, 0.25) is 0 Å². The summed E-state index contributed by atoms with van der Waals surface area (Å²) in [6.45, 7) is 0. The van der Waals surface area contributed by atoms with Crippen LogP contribution in [-0.2, 0) is 4.74 Å². The van der Waals surface area contributed by atoms with Crippen molar-refractivity contribution in [2.24, 2.45) is 4.99 Å². The Morgan fingerprint density at radius 1 is 1.00 bits per heavy atom. The summed E-state index contributed by atoms with van der Waals surface area (Å²) in [6.07, 6.45) is 0.294. The van der Waals surface area contributed by atoms with E-state index in [0.29, 0.717) is 12.0 Å². The molecule has 0 fully saturated rings. The average Bonchev–Trinajstić information content (AvgIpc) is 2.83. The van der Waals surface area contributed by atoms with Gasteiger partial charge in [-0.3, -0.25) is 10.3 Å². The number of aromatic hydroxyl groups is 1. The first-order chi connectivity index (χ1) is 15.1. The first-order valence-electron chi connectivity index (χ1n) is 10.0. The van der Waals surface area contributed by atoms with E-state index >= 15 is 0 Å². The van der Waals surface area contributed by atoms with Crippen LogP contribution in [0.4, 0.5) is 0 Å². The van der Waals surface area contributed by atoms with E-state index in [4.69, 9.17) is 14.5 Å². The number of phenols is 1. The third kappa shape index (κ3) is 4.44. The summed E-state index contributed by atoms with van der Waals surface area (Å²) >= 11 is 0. The van der Waals surface area contributed by atoms with Crippen molar-refractivity contribution >= 4 is 11.7 Å².